The summed E-state index contributed by atoms with van der Waals surface area (Å²) in [4.78, 5) is 19.2. The van der Waals surface area contributed by atoms with Crippen LogP contribution in [-0.4, -0.2) is 23.7 Å². The fourth-order valence-corrected chi connectivity index (χ4v) is 0.203. The Morgan fingerprint density at radius 1 is 1.58 bits per heavy atom. The number of thiol groups is 1. The summed E-state index contributed by atoms with van der Waals surface area (Å²) >= 11 is 3.40. The van der Waals surface area contributed by atoms with Crippen molar-refractivity contribution in [3.8, 4) is 0 Å². The Kier molecular flexibility index (Phi) is 9.22. The predicted octanol–water partition coefficient (Wildman–Crippen LogP) is 1.08. The molecule has 1 N–H and O–H groups in total. The molecule has 0 aromatic heterocycles. The van der Waals surface area contributed by atoms with E-state index in [-0.39, 0.29) is 10.9 Å². The van der Waals surface area contributed by atoms with Crippen LogP contribution in [-0.2, 0) is 14.3 Å². The van der Waals surface area contributed by atoms with Crippen LogP contribution in [0.2, 0.25) is 0 Å². The molecular weight excluding hydrogens is 180 g/mol. The molecule has 0 aliphatic carbocycles. The molecular formula is C7H12O4S. The average Bonchev–Trinajstić information content (AvgIpc) is 1.87. The molecule has 0 aliphatic heterocycles. The maximum absolute atomic E-state index is 9.82. The first-order chi connectivity index (χ1) is 5.41. The number of carbonyl (C=O) groups excluding carboxylic acids is 1. The number of aliphatic carboxylic acids is 1. The van der Waals surface area contributed by atoms with Gasteiger partial charge in [-0.3, -0.25) is 4.79 Å². The van der Waals surface area contributed by atoms with E-state index < -0.39 is 5.97 Å². The van der Waals surface area contributed by atoms with Gasteiger partial charge in [-0.25, -0.2) is 4.79 Å². The Balaban J connectivity index is 0. The highest BCUT2D eigenvalue weighted by Crippen LogP contribution is 1.91. The third-order valence-corrected chi connectivity index (χ3v) is 0.786. The van der Waals surface area contributed by atoms with Gasteiger partial charge >= 0.3 is 11.9 Å². The molecule has 0 saturated carbocycles. The second kappa shape index (κ2) is 8.13. The summed E-state index contributed by atoms with van der Waals surface area (Å²) in [7, 11) is 0. The molecule has 0 heterocycles. The van der Waals surface area contributed by atoms with Gasteiger partial charge in [0.2, 0.25) is 0 Å². The van der Waals surface area contributed by atoms with Gasteiger partial charge < -0.3 is 9.84 Å². The van der Waals surface area contributed by atoms with E-state index in [9.17, 15) is 9.59 Å². The van der Waals surface area contributed by atoms with Crippen molar-refractivity contribution in [1.82, 2.24) is 0 Å². The van der Waals surface area contributed by atoms with Crippen LogP contribution in [0.15, 0.2) is 11.5 Å². The first kappa shape index (κ1) is 13.6. The molecule has 0 rings (SSSR count). The molecule has 5 heteroatoms. The third-order valence-electron chi connectivity index (χ3n) is 0.594. The van der Waals surface area contributed by atoms with Gasteiger partial charge in [-0.2, -0.15) is 0 Å². The summed E-state index contributed by atoms with van der Waals surface area (Å²) in [5.74, 6) is -1.28. The molecule has 0 spiro atoms. The van der Waals surface area contributed by atoms with Gasteiger partial charge in [-0.15, -0.1) is 12.6 Å². The van der Waals surface area contributed by atoms with Crippen LogP contribution >= 0.6 is 12.6 Å². The summed E-state index contributed by atoms with van der Waals surface area (Å²) < 4.78 is 4.40. The SMILES string of the molecule is C=C(S)C(=O)O.CCOC(C)=O. The highest BCUT2D eigenvalue weighted by Gasteiger charge is 1.91. The molecule has 0 atom stereocenters. The van der Waals surface area contributed by atoms with Crippen molar-refractivity contribution >= 4 is 24.6 Å². The van der Waals surface area contributed by atoms with Crippen LogP contribution < -0.4 is 0 Å². The summed E-state index contributed by atoms with van der Waals surface area (Å²) in [6.45, 7) is 6.67. The number of esters is 1. The summed E-state index contributed by atoms with van der Waals surface area (Å²) in [6.07, 6.45) is 0. The minimum Gasteiger partial charge on any atom is -0.477 e. The minimum atomic E-state index is -1.07. The molecule has 0 aliphatic rings. The zero-order valence-electron chi connectivity index (χ0n) is 7.03. The molecule has 0 aromatic carbocycles. The summed E-state index contributed by atoms with van der Waals surface area (Å²) in [5.41, 5.74) is 0. The van der Waals surface area contributed by atoms with Crippen molar-refractivity contribution < 1.29 is 19.4 Å². The van der Waals surface area contributed by atoms with E-state index in [1.807, 2.05) is 0 Å². The Morgan fingerprint density at radius 2 is 1.92 bits per heavy atom. The molecule has 0 amide bonds. The van der Waals surface area contributed by atoms with Gasteiger partial charge in [0, 0.05) is 6.92 Å². The molecule has 0 saturated heterocycles. The van der Waals surface area contributed by atoms with Crippen LogP contribution in [0.3, 0.4) is 0 Å². The molecule has 0 unspecified atom stereocenters. The molecule has 0 radical (unpaired) electrons. The monoisotopic (exact) mass is 192 g/mol. The zero-order chi connectivity index (χ0) is 10.1. The zero-order valence-corrected chi connectivity index (χ0v) is 7.93. The van der Waals surface area contributed by atoms with Crippen LogP contribution in [0.5, 0.6) is 0 Å². The highest BCUT2D eigenvalue weighted by atomic mass is 32.1. The van der Waals surface area contributed by atoms with E-state index in [2.05, 4.69) is 23.9 Å². The van der Waals surface area contributed by atoms with Gasteiger partial charge in [0.05, 0.1) is 11.5 Å². The number of carbonyl (C=O) groups is 2. The van der Waals surface area contributed by atoms with Crippen molar-refractivity contribution in [3.05, 3.63) is 11.5 Å². The number of carboxylic acid groups (broad SMARTS) is 1. The standard InChI is InChI=1S/C4H8O2.C3H4O2S/c1-3-6-4(2)5;1-2(6)3(4)5/h3H2,1-2H3;6H,1H2,(H,4,5). The van der Waals surface area contributed by atoms with E-state index in [4.69, 9.17) is 5.11 Å². The fraction of sp³-hybridized carbons (Fsp3) is 0.429. The fourth-order valence-electron chi connectivity index (χ4n) is 0.203. The lowest BCUT2D eigenvalue weighted by atomic mass is 10.7. The van der Waals surface area contributed by atoms with Crippen molar-refractivity contribution in [1.29, 1.82) is 0 Å². The second-order valence-electron chi connectivity index (χ2n) is 1.68. The van der Waals surface area contributed by atoms with Gasteiger partial charge in [-0.05, 0) is 6.92 Å². The summed E-state index contributed by atoms with van der Waals surface area (Å²) in [5, 5.41) is 7.81. The van der Waals surface area contributed by atoms with E-state index in [0.717, 1.165) is 0 Å². The predicted molar refractivity (Wildman–Crippen MR) is 48.1 cm³/mol. The molecule has 0 fully saturated rings. The van der Waals surface area contributed by atoms with E-state index in [0.29, 0.717) is 6.61 Å². The van der Waals surface area contributed by atoms with Crippen LogP contribution in [0.1, 0.15) is 13.8 Å². The molecule has 0 bridgehead atoms. The Bertz CT molecular complexity index is 164. The Hall–Kier alpha value is -0.970. The normalized spacial score (nSPS) is 7.58. The van der Waals surface area contributed by atoms with Crippen molar-refractivity contribution in [2.24, 2.45) is 0 Å². The van der Waals surface area contributed by atoms with Gasteiger partial charge in [-0.1, -0.05) is 6.58 Å². The number of hydrogen-bond acceptors (Lipinski definition) is 4. The van der Waals surface area contributed by atoms with E-state index in [1.165, 1.54) is 6.92 Å². The quantitative estimate of drug-likeness (QED) is 0.390. The van der Waals surface area contributed by atoms with Gasteiger partial charge in [0.15, 0.2) is 0 Å². The Labute approximate surface area is 76.6 Å². The largest absolute Gasteiger partial charge is 0.477 e. The van der Waals surface area contributed by atoms with Gasteiger partial charge in [0.25, 0.3) is 0 Å². The molecule has 70 valence electrons. The minimum absolute atomic E-state index is 0.130. The molecule has 12 heavy (non-hydrogen) atoms. The number of hydrogen-bond donors (Lipinski definition) is 2. The topological polar surface area (TPSA) is 63.6 Å². The lowest BCUT2D eigenvalue weighted by molar-refractivity contribution is -0.140. The first-order valence-electron chi connectivity index (χ1n) is 3.16. The van der Waals surface area contributed by atoms with Crippen LogP contribution in [0, 0.1) is 0 Å². The van der Waals surface area contributed by atoms with Gasteiger partial charge in [0.1, 0.15) is 0 Å². The summed E-state index contributed by atoms with van der Waals surface area (Å²) in [6, 6.07) is 0. The average molecular weight is 192 g/mol. The lowest BCUT2D eigenvalue weighted by Crippen LogP contribution is -1.95. The van der Waals surface area contributed by atoms with Crippen LogP contribution in [0.4, 0.5) is 0 Å². The van der Waals surface area contributed by atoms with E-state index in [1.54, 1.807) is 6.92 Å². The number of rotatable bonds is 2. The highest BCUT2D eigenvalue weighted by molar-refractivity contribution is 7.85. The molecule has 4 nitrogen and oxygen atoms in total. The molecule has 0 aromatic rings. The van der Waals surface area contributed by atoms with Crippen molar-refractivity contribution in [3.63, 3.8) is 0 Å². The lowest BCUT2D eigenvalue weighted by Gasteiger charge is -1.89. The van der Waals surface area contributed by atoms with Crippen molar-refractivity contribution in [2.75, 3.05) is 6.61 Å². The van der Waals surface area contributed by atoms with E-state index >= 15 is 0 Å². The maximum atomic E-state index is 9.82. The van der Waals surface area contributed by atoms with Crippen LogP contribution in [0.25, 0.3) is 0 Å². The second-order valence-corrected chi connectivity index (χ2v) is 2.22. The smallest absolute Gasteiger partial charge is 0.341 e. The first-order valence-corrected chi connectivity index (χ1v) is 3.61. The number of carboxylic acids is 1. The maximum Gasteiger partial charge on any atom is 0.341 e. The third kappa shape index (κ3) is 16.0. The van der Waals surface area contributed by atoms with Crippen molar-refractivity contribution in [2.45, 2.75) is 13.8 Å². The Morgan fingerprint density at radius 3 is 1.92 bits per heavy atom. The number of ether oxygens (including phenoxy) is 1.